The number of anilines is 1. The van der Waals surface area contributed by atoms with Crippen LogP contribution in [0.4, 0.5) is 5.69 Å². The minimum Gasteiger partial charge on any atom is -0.491 e. The molecule has 0 aliphatic carbocycles. The number of nitrogens with zero attached hydrogens (tertiary/aromatic N) is 1. The molecular weight excluding hydrogens is 670 g/mol. The monoisotopic (exact) mass is 709 g/mol. The van der Waals surface area contributed by atoms with Gasteiger partial charge in [-0.1, -0.05) is 127 Å². The lowest BCUT2D eigenvalue weighted by molar-refractivity contribution is -0.178. The van der Waals surface area contributed by atoms with Crippen LogP contribution < -0.4 is 15.4 Å². The summed E-state index contributed by atoms with van der Waals surface area (Å²) in [6.07, 6.45) is -1.85. The molecule has 0 saturated carbocycles. The summed E-state index contributed by atoms with van der Waals surface area (Å²) >= 11 is 0. The Morgan fingerprint density at radius 2 is 1.43 bits per heavy atom. The van der Waals surface area contributed by atoms with Crippen LogP contribution in [0.3, 0.4) is 0 Å². The zero-order valence-electron chi connectivity index (χ0n) is 28.7. The molecule has 8 rings (SSSR count). The van der Waals surface area contributed by atoms with Crippen molar-refractivity contribution in [2.75, 3.05) is 25.1 Å². The van der Waals surface area contributed by atoms with Crippen LogP contribution in [0, 0.1) is 5.92 Å². The molecule has 5 aromatic carbocycles. The largest absolute Gasteiger partial charge is 0.491 e. The highest BCUT2D eigenvalue weighted by molar-refractivity contribution is 6.12. The van der Waals surface area contributed by atoms with Gasteiger partial charge >= 0.3 is 5.97 Å². The smallest absolute Gasteiger partial charge is 0.324 e. The minimum atomic E-state index is -1.68. The lowest BCUT2D eigenvalue weighted by atomic mass is 9.65. The Morgan fingerprint density at radius 1 is 0.811 bits per heavy atom. The summed E-state index contributed by atoms with van der Waals surface area (Å²) in [5, 5.41) is 26.9. The summed E-state index contributed by atoms with van der Waals surface area (Å²) in [4.78, 5) is 46.9. The van der Waals surface area contributed by atoms with Gasteiger partial charge in [0.25, 0.3) is 0 Å². The Morgan fingerprint density at radius 3 is 2.15 bits per heavy atom. The fourth-order valence-electron chi connectivity index (χ4n) is 8.62. The van der Waals surface area contributed by atoms with E-state index in [0.29, 0.717) is 28.1 Å². The number of esters is 1. The third kappa shape index (κ3) is 5.76. The van der Waals surface area contributed by atoms with Gasteiger partial charge in [-0.3, -0.25) is 19.3 Å². The first-order valence-corrected chi connectivity index (χ1v) is 17.8. The summed E-state index contributed by atoms with van der Waals surface area (Å²) in [7, 11) is 0. The number of amides is 2. The van der Waals surface area contributed by atoms with Crippen LogP contribution in [0.2, 0.25) is 0 Å². The van der Waals surface area contributed by atoms with Crippen LogP contribution >= 0.6 is 0 Å². The van der Waals surface area contributed by atoms with Crippen molar-refractivity contribution in [3.05, 3.63) is 167 Å². The van der Waals surface area contributed by atoms with Crippen molar-refractivity contribution < 1.29 is 34.1 Å². The normalized spacial score (nSPS) is 25.2. The first-order valence-electron chi connectivity index (χ1n) is 17.8. The van der Waals surface area contributed by atoms with Gasteiger partial charge < -0.3 is 30.3 Å². The van der Waals surface area contributed by atoms with Gasteiger partial charge in [0.1, 0.15) is 29.9 Å². The molecule has 3 aliphatic heterocycles. The Hall–Kier alpha value is -5.81. The Kier molecular flexibility index (Phi) is 9.26. The lowest BCUT2D eigenvalue weighted by Gasteiger charge is -2.46. The lowest BCUT2D eigenvalue weighted by Crippen LogP contribution is -2.55. The van der Waals surface area contributed by atoms with Crippen molar-refractivity contribution in [3.63, 3.8) is 0 Å². The van der Waals surface area contributed by atoms with Crippen molar-refractivity contribution in [1.29, 1.82) is 0 Å². The van der Waals surface area contributed by atoms with Gasteiger partial charge in [0.05, 0.1) is 30.7 Å². The van der Waals surface area contributed by atoms with E-state index in [-0.39, 0.29) is 19.8 Å². The molecule has 2 saturated heterocycles. The van der Waals surface area contributed by atoms with E-state index in [2.05, 4.69) is 10.6 Å². The molecule has 268 valence electrons. The summed E-state index contributed by atoms with van der Waals surface area (Å²) in [6.45, 7) is -0.416. The number of hydrogen-bond donors (Lipinski definition) is 4. The molecule has 4 N–H and O–H groups in total. The molecule has 0 radical (unpaired) electrons. The highest BCUT2D eigenvalue weighted by Crippen LogP contribution is 2.65. The predicted octanol–water partition coefficient (Wildman–Crippen LogP) is 5.18. The van der Waals surface area contributed by atoms with Crippen molar-refractivity contribution in [1.82, 2.24) is 10.2 Å². The van der Waals surface area contributed by atoms with E-state index >= 15 is 9.59 Å². The minimum absolute atomic E-state index is 0.0129. The van der Waals surface area contributed by atoms with Gasteiger partial charge in [0.2, 0.25) is 11.8 Å². The van der Waals surface area contributed by atoms with Gasteiger partial charge in [-0.2, -0.15) is 0 Å². The summed E-state index contributed by atoms with van der Waals surface area (Å²) < 4.78 is 12.6. The molecule has 10 heteroatoms. The van der Waals surface area contributed by atoms with Crippen molar-refractivity contribution >= 4 is 23.5 Å². The number of fused-ring (bicyclic) bond motifs is 3. The second-order valence-electron chi connectivity index (χ2n) is 13.5. The molecule has 10 nitrogen and oxygen atoms in total. The average molecular weight is 710 g/mol. The molecule has 3 aliphatic rings. The second-order valence-corrected chi connectivity index (χ2v) is 13.5. The highest BCUT2D eigenvalue weighted by Gasteiger charge is 2.74. The summed E-state index contributed by atoms with van der Waals surface area (Å²) in [5.74, 6) is -2.60. The van der Waals surface area contributed by atoms with Gasteiger partial charge in [-0.25, -0.2) is 0 Å². The molecule has 7 atom stereocenters. The number of para-hydroxylation sites is 2. The molecule has 2 amide bonds. The van der Waals surface area contributed by atoms with E-state index in [1.807, 2.05) is 102 Å². The fraction of sp³-hybridized carbons (Fsp3) is 0.233. The Labute approximate surface area is 307 Å². The maximum atomic E-state index is 15.1. The molecule has 53 heavy (non-hydrogen) atoms. The first-order chi connectivity index (χ1) is 25.9. The van der Waals surface area contributed by atoms with Crippen molar-refractivity contribution in [2.24, 2.45) is 5.92 Å². The maximum Gasteiger partial charge on any atom is 0.324 e. The number of carbonyl (C=O) groups is 3. The molecule has 1 spiro atoms. The van der Waals surface area contributed by atoms with Crippen LogP contribution in [0.15, 0.2) is 140 Å². The van der Waals surface area contributed by atoms with Crippen LogP contribution in [-0.2, 0) is 24.5 Å². The van der Waals surface area contributed by atoms with Gasteiger partial charge in [-0.15, -0.1) is 0 Å². The number of benzene rings is 5. The van der Waals surface area contributed by atoms with Gasteiger partial charge in [0.15, 0.2) is 0 Å². The quantitative estimate of drug-likeness (QED) is 0.146. The first kappa shape index (κ1) is 34.3. The van der Waals surface area contributed by atoms with E-state index in [0.717, 1.165) is 11.1 Å². The van der Waals surface area contributed by atoms with E-state index in [1.165, 1.54) is 0 Å². The molecule has 5 aromatic rings. The zero-order chi connectivity index (χ0) is 36.5. The average Bonchev–Trinajstić information content (AvgIpc) is 3.68. The van der Waals surface area contributed by atoms with E-state index < -0.39 is 59.5 Å². The number of rotatable bonds is 10. The highest BCUT2D eigenvalue weighted by atomic mass is 16.6. The number of cyclic esters (lactones) is 1. The molecule has 3 heterocycles. The topological polar surface area (TPSA) is 137 Å². The number of aliphatic hydroxyl groups is 2. The van der Waals surface area contributed by atoms with Gasteiger partial charge in [0, 0.05) is 17.8 Å². The van der Waals surface area contributed by atoms with Crippen LogP contribution in [-0.4, -0.2) is 58.7 Å². The molecule has 2 fully saturated rings. The third-order valence-electron chi connectivity index (χ3n) is 10.7. The Balaban J connectivity index is 1.38. The number of hydrogen-bond acceptors (Lipinski definition) is 8. The molecular formula is C43H39N3O7. The zero-order valence-corrected chi connectivity index (χ0v) is 28.7. The fourth-order valence-corrected chi connectivity index (χ4v) is 8.62. The van der Waals surface area contributed by atoms with Gasteiger partial charge in [-0.05, 0) is 34.4 Å². The second kappa shape index (κ2) is 14.3. The van der Waals surface area contributed by atoms with Crippen LogP contribution in [0.5, 0.6) is 5.75 Å². The summed E-state index contributed by atoms with van der Waals surface area (Å²) in [5.41, 5.74) is 2.16. The maximum absolute atomic E-state index is 15.1. The number of ether oxygens (including phenoxy) is 2. The van der Waals surface area contributed by atoms with Crippen LogP contribution in [0.25, 0.3) is 0 Å². The van der Waals surface area contributed by atoms with Crippen molar-refractivity contribution in [3.8, 4) is 5.75 Å². The predicted molar refractivity (Wildman–Crippen MR) is 196 cm³/mol. The van der Waals surface area contributed by atoms with E-state index in [9.17, 15) is 15.0 Å². The molecule has 0 bridgehead atoms. The molecule has 0 aromatic heterocycles. The van der Waals surface area contributed by atoms with Crippen molar-refractivity contribution in [2.45, 2.75) is 35.7 Å². The summed E-state index contributed by atoms with van der Waals surface area (Å²) in [6, 6.07) is 39.7. The number of morpholine rings is 1. The SMILES string of the molecule is O=C1O[C@@H](c2ccccc2)[C@@H](c2ccccc2)N2[C@@H](c3ccccc3OCCO)[C@]3(C(=O)Nc4ccccc43)[C@@H](C(=O)NC[C@H](O)c3ccccc3)[C@H]12. The van der Waals surface area contributed by atoms with E-state index in [1.54, 1.807) is 42.5 Å². The van der Waals surface area contributed by atoms with Crippen LogP contribution in [0.1, 0.15) is 52.1 Å². The number of carbonyl (C=O) groups excluding carboxylic acids is 3. The number of aliphatic hydroxyl groups excluding tert-OH is 2. The molecule has 0 unspecified atom stereocenters. The number of nitrogens with one attached hydrogen (secondary N) is 2. The standard InChI is InChI=1S/C43H39N3O7/c47-24-25-52-34-23-13-10-20-30(34)39-43(31-21-11-12-22-32(31)45-42(43)51)35(40(49)44-26-33(48)27-14-4-1-5-15-27)37-41(50)53-38(29-18-8-3-9-19-29)36(46(37)39)28-16-6-2-7-17-28/h1-23,33,35-39,47-48H,24-26H2,(H,44,49)(H,45,51)/t33-,35+,36+,37+,38-,39-,43+/m0/s1. The van der Waals surface area contributed by atoms with E-state index in [4.69, 9.17) is 9.47 Å². The Bertz CT molecular complexity index is 2110. The third-order valence-corrected chi connectivity index (χ3v) is 10.7.